The summed E-state index contributed by atoms with van der Waals surface area (Å²) in [6.07, 6.45) is 0.531. The second-order valence-corrected chi connectivity index (χ2v) is 2.01. The van der Waals surface area contributed by atoms with Crippen LogP contribution < -0.4 is 0 Å². The van der Waals surface area contributed by atoms with E-state index in [1.165, 1.54) is 12.1 Å². The normalized spacial score (nSPS) is 8.33. The molecule has 0 aliphatic heterocycles. The van der Waals surface area contributed by atoms with Crippen LogP contribution in [0.1, 0.15) is 20.7 Å². The zero-order chi connectivity index (χ0) is 8.27. The van der Waals surface area contributed by atoms with Crippen LogP contribution in [0.15, 0.2) is 24.3 Å². The van der Waals surface area contributed by atoms with Crippen molar-refractivity contribution in [3.63, 3.8) is 0 Å². The van der Waals surface area contributed by atoms with Gasteiger partial charge in [0.1, 0.15) is 0 Å². The molecule has 0 unspecified atom stereocenters. The van der Waals surface area contributed by atoms with E-state index < -0.39 is 5.97 Å². The molecular weight excluding hydrogens is 160 g/mol. The average Bonchev–Trinajstić information content (AvgIpc) is 2.04. The molecule has 0 heterocycles. The molecule has 0 saturated heterocycles. The van der Waals surface area contributed by atoms with Gasteiger partial charge < -0.3 is 10.6 Å². The van der Waals surface area contributed by atoms with E-state index in [0.717, 1.165) is 0 Å². The van der Waals surface area contributed by atoms with Gasteiger partial charge in [-0.25, -0.2) is 4.79 Å². The van der Waals surface area contributed by atoms with E-state index >= 15 is 0 Å². The molecule has 1 aromatic rings. The molecule has 4 nitrogen and oxygen atoms in total. The quantitative estimate of drug-likeness (QED) is 0.647. The van der Waals surface area contributed by atoms with Gasteiger partial charge in [0.15, 0.2) is 6.29 Å². The fourth-order valence-corrected chi connectivity index (χ4v) is 0.795. The highest BCUT2D eigenvalue weighted by molar-refractivity contribution is 5.96. The molecule has 0 aliphatic rings. The van der Waals surface area contributed by atoms with E-state index in [9.17, 15) is 9.59 Å². The number of aromatic carboxylic acids is 1. The number of hydrogen-bond donors (Lipinski definition) is 1. The molecule has 0 saturated carbocycles. The first-order chi connectivity index (χ1) is 5.25. The van der Waals surface area contributed by atoms with Crippen molar-refractivity contribution in [3.8, 4) is 0 Å². The van der Waals surface area contributed by atoms with E-state index in [0.29, 0.717) is 6.29 Å². The molecule has 0 bridgehead atoms. The Morgan fingerprint density at radius 1 is 1.33 bits per heavy atom. The molecule has 1 rings (SSSR count). The van der Waals surface area contributed by atoms with Crippen LogP contribution in [0.3, 0.4) is 0 Å². The summed E-state index contributed by atoms with van der Waals surface area (Å²) >= 11 is 0. The highest BCUT2D eigenvalue weighted by Gasteiger charge is 2.06. The van der Waals surface area contributed by atoms with Gasteiger partial charge in [-0.15, -0.1) is 0 Å². The van der Waals surface area contributed by atoms with Crippen LogP contribution in [0.25, 0.3) is 0 Å². The molecule has 1 aromatic carbocycles. The first kappa shape index (κ1) is 10.3. The second kappa shape index (κ2) is 4.25. The van der Waals surface area contributed by atoms with Crippen molar-refractivity contribution in [2.45, 2.75) is 0 Å². The van der Waals surface area contributed by atoms with Crippen molar-refractivity contribution in [3.05, 3.63) is 35.4 Å². The van der Waals surface area contributed by atoms with Crippen LogP contribution >= 0.6 is 0 Å². The first-order valence-corrected chi connectivity index (χ1v) is 3.03. The number of benzene rings is 1. The maximum absolute atomic E-state index is 10.4. The van der Waals surface area contributed by atoms with Crippen LogP contribution in [-0.4, -0.2) is 22.8 Å². The third-order valence-electron chi connectivity index (χ3n) is 1.32. The summed E-state index contributed by atoms with van der Waals surface area (Å²) in [6.45, 7) is 0. The molecule has 4 heteroatoms. The minimum atomic E-state index is -1.08. The van der Waals surface area contributed by atoms with Crippen molar-refractivity contribution >= 4 is 12.3 Å². The van der Waals surface area contributed by atoms with Crippen LogP contribution in [0.5, 0.6) is 0 Å². The number of carboxylic acids is 1. The van der Waals surface area contributed by atoms with Gasteiger partial charge in [-0.1, -0.05) is 18.2 Å². The van der Waals surface area contributed by atoms with E-state index in [1.54, 1.807) is 12.1 Å². The summed E-state index contributed by atoms with van der Waals surface area (Å²) in [5.41, 5.74) is 0.252. The lowest BCUT2D eigenvalue weighted by atomic mass is 10.1. The zero-order valence-electron chi connectivity index (χ0n) is 6.15. The van der Waals surface area contributed by atoms with Gasteiger partial charge in [-0.2, -0.15) is 0 Å². The van der Waals surface area contributed by atoms with Crippen molar-refractivity contribution in [2.75, 3.05) is 0 Å². The van der Waals surface area contributed by atoms with Gasteiger partial charge in [-0.05, 0) is 6.07 Å². The first-order valence-electron chi connectivity index (χ1n) is 3.03. The number of carbonyl (C=O) groups excluding carboxylic acids is 1. The zero-order valence-corrected chi connectivity index (χ0v) is 6.15. The Morgan fingerprint density at radius 3 is 2.33 bits per heavy atom. The summed E-state index contributed by atoms with van der Waals surface area (Å²) in [7, 11) is 0. The van der Waals surface area contributed by atoms with Gasteiger partial charge >= 0.3 is 5.97 Å². The van der Waals surface area contributed by atoms with Gasteiger partial charge in [0.05, 0.1) is 5.56 Å². The number of carboxylic acid groups (broad SMARTS) is 1. The van der Waals surface area contributed by atoms with E-state index in [4.69, 9.17) is 5.11 Å². The monoisotopic (exact) mass is 168 g/mol. The van der Waals surface area contributed by atoms with E-state index in [1.807, 2.05) is 0 Å². The Labute approximate surface area is 68.8 Å². The minimum absolute atomic E-state index is 0. The molecule has 0 amide bonds. The molecule has 0 atom stereocenters. The van der Waals surface area contributed by atoms with Gasteiger partial charge in [0.25, 0.3) is 0 Å². The molecule has 0 aliphatic carbocycles. The Morgan fingerprint density at radius 2 is 1.92 bits per heavy atom. The van der Waals surface area contributed by atoms with E-state index in [-0.39, 0.29) is 16.6 Å². The maximum Gasteiger partial charge on any atom is 0.336 e. The largest absolute Gasteiger partial charge is 0.478 e. The van der Waals surface area contributed by atoms with Crippen LogP contribution in [0.4, 0.5) is 0 Å². The Hall–Kier alpha value is -1.68. The Kier molecular flexibility index (Phi) is 3.66. The molecule has 0 radical (unpaired) electrons. The molecule has 0 aromatic heterocycles. The molecule has 12 heavy (non-hydrogen) atoms. The molecule has 3 N–H and O–H groups in total. The standard InChI is InChI=1S/C8H6O3.H2O/c9-5-6-3-1-2-4-7(6)8(10)11;/h1-5H,(H,10,11);1H2. The number of aldehydes is 1. The lowest BCUT2D eigenvalue weighted by Crippen LogP contribution is -2.00. The van der Waals surface area contributed by atoms with Crippen molar-refractivity contribution in [1.82, 2.24) is 0 Å². The molecule has 0 spiro atoms. The summed E-state index contributed by atoms with van der Waals surface area (Å²) in [4.78, 5) is 20.7. The average molecular weight is 168 g/mol. The number of carbonyl (C=O) groups is 2. The third kappa shape index (κ3) is 1.90. The predicted octanol–water partition coefficient (Wildman–Crippen LogP) is 0.373. The fraction of sp³-hybridized carbons (Fsp3) is 0. The summed E-state index contributed by atoms with van der Waals surface area (Å²) in [5, 5.41) is 8.54. The molecular formula is C8H8O4. The minimum Gasteiger partial charge on any atom is -0.478 e. The predicted molar refractivity (Wildman–Crippen MR) is 42.4 cm³/mol. The van der Waals surface area contributed by atoms with Crippen molar-refractivity contribution in [1.29, 1.82) is 0 Å². The third-order valence-corrected chi connectivity index (χ3v) is 1.32. The topological polar surface area (TPSA) is 85.9 Å². The second-order valence-electron chi connectivity index (χ2n) is 2.01. The fourth-order valence-electron chi connectivity index (χ4n) is 0.795. The molecule has 64 valence electrons. The highest BCUT2D eigenvalue weighted by Crippen LogP contribution is 2.04. The lowest BCUT2D eigenvalue weighted by molar-refractivity contribution is 0.0694. The Bertz CT molecular complexity index is 293. The summed E-state index contributed by atoms with van der Waals surface area (Å²) < 4.78 is 0. The smallest absolute Gasteiger partial charge is 0.336 e. The van der Waals surface area contributed by atoms with Gasteiger partial charge in [0.2, 0.25) is 0 Å². The summed E-state index contributed by atoms with van der Waals surface area (Å²) in [5.74, 6) is -1.08. The Balaban J connectivity index is 0.00000121. The van der Waals surface area contributed by atoms with Gasteiger partial charge in [0, 0.05) is 5.56 Å². The summed E-state index contributed by atoms with van der Waals surface area (Å²) in [6, 6.07) is 6.06. The van der Waals surface area contributed by atoms with E-state index in [2.05, 4.69) is 0 Å². The van der Waals surface area contributed by atoms with Crippen LogP contribution in [0, 0.1) is 0 Å². The van der Waals surface area contributed by atoms with Crippen LogP contribution in [-0.2, 0) is 0 Å². The van der Waals surface area contributed by atoms with Crippen molar-refractivity contribution in [2.24, 2.45) is 0 Å². The lowest BCUT2D eigenvalue weighted by Gasteiger charge is -1.95. The molecule has 0 fully saturated rings. The van der Waals surface area contributed by atoms with Crippen LogP contribution in [0.2, 0.25) is 0 Å². The number of hydrogen-bond acceptors (Lipinski definition) is 2. The maximum atomic E-state index is 10.4. The highest BCUT2D eigenvalue weighted by atomic mass is 16.4. The van der Waals surface area contributed by atoms with Crippen molar-refractivity contribution < 1.29 is 20.2 Å². The SMILES string of the molecule is O.O=Cc1ccccc1C(=O)O. The van der Waals surface area contributed by atoms with Gasteiger partial charge in [-0.3, -0.25) is 4.79 Å². The number of rotatable bonds is 2.